The van der Waals surface area contributed by atoms with Crippen LogP contribution in [0.25, 0.3) is 0 Å². The molecule has 5 nitrogen and oxygen atoms in total. The van der Waals surface area contributed by atoms with Gasteiger partial charge in [-0.05, 0) is 26.7 Å². The number of esters is 2. The fourth-order valence-corrected chi connectivity index (χ4v) is 1.37. The van der Waals surface area contributed by atoms with Gasteiger partial charge in [0.1, 0.15) is 0 Å². The summed E-state index contributed by atoms with van der Waals surface area (Å²) in [4.78, 5) is 22.0. The van der Waals surface area contributed by atoms with E-state index < -0.39 is 12.1 Å². The smallest absolute Gasteiger partial charge is 0.334 e. The maximum atomic E-state index is 11.1. The number of hydrogen-bond donors (Lipinski definition) is 1. The molecule has 5 heteroatoms. The Hall–Kier alpha value is -1.10. The van der Waals surface area contributed by atoms with Gasteiger partial charge in [-0.3, -0.25) is 4.79 Å². The summed E-state index contributed by atoms with van der Waals surface area (Å²) in [6.07, 6.45) is 1.92. The summed E-state index contributed by atoms with van der Waals surface area (Å²) in [6.45, 7) is 4.15. The lowest BCUT2D eigenvalue weighted by Crippen LogP contribution is -2.22. The van der Waals surface area contributed by atoms with Gasteiger partial charge in [0.15, 0.2) is 6.10 Å². The highest BCUT2D eigenvalue weighted by Crippen LogP contribution is 2.07. The lowest BCUT2D eigenvalue weighted by atomic mass is 10.1. The number of aliphatic hydroxyl groups excluding tert-OH is 1. The van der Waals surface area contributed by atoms with Crippen molar-refractivity contribution in [2.45, 2.75) is 52.1 Å². The van der Waals surface area contributed by atoms with Crippen LogP contribution in [-0.2, 0) is 19.1 Å². The molecule has 0 saturated carbocycles. The van der Waals surface area contributed by atoms with Crippen LogP contribution in [0.4, 0.5) is 0 Å². The van der Waals surface area contributed by atoms with Crippen molar-refractivity contribution in [3.8, 4) is 0 Å². The fraction of sp³-hybridized carbons (Fsp3) is 0.833. The summed E-state index contributed by atoms with van der Waals surface area (Å²) in [7, 11) is 0. The van der Waals surface area contributed by atoms with Crippen LogP contribution in [0.3, 0.4) is 0 Å². The van der Waals surface area contributed by atoms with Crippen molar-refractivity contribution in [3.63, 3.8) is 0 Å². The molecule has 0 heterocycles. The van der Waals surface area contributed by atoms with Crippen LogP contribution in [0.5, 0.6) is 0 Å². The summed E-state index contributed by atoms with van der Waals surface area (Å²) in [5.74, 6) is -0.767. The molecule has 0 aromatic carbocycles. The van der Waals surface area contributed by atoms with Crippen LogP contribution < -0.4 is 0 Å². The highest BCUT2D eigenvalue weighted by atomic mass is 16.5. The minimum absolute atomic E-state index is 0.196. The van der Waals surface area contributed by atoms with E-state index in [1.165, 1.54) is 0 Å². The number of rotatable bonds is 9. The molecular weight excluding hydrogens is 224 g/mol. The standard InChI is InChI=1S/C12H22O5/c1-3-16-11(14)9-7-5-6-8-10(13)12(15)17-4-2/h10,13H,3-9H2,1-2H3. The van der Waals surface area contributed by atoms with E-state index in [0.717, 1.165) is 6.42 Å². The monoisotopic (exact) mass is 246 g/mol. The number of hydrogen-bond acceptors (Lipinski definition) is 5. The molecule has 0 aliphatic heterocycles. The molecule has 100 valence electrons. The van der Waals surface area contributed by atoms with Crippen LogP contribution in [0.1, 0.15) is 46.0 Å². The van der Waals surface area contributed by atoms with Crippen LogP contribution >= 0.6 is 0 Å². The SMILES string of the molecule is CCOC(=O)CCCCCC(O)C(=O)OCC. The third-order valence-corrected chi connectivity index (χ3v) is 2.22. The predicted molar refractivity (Wildman–Crippen MR) is 62.4 cm³/mol. The fourth-order valence-electron chi connectivity index (χ4n) is 1.37. The summed E-state index contributed by atoms with van der Waals surface area (Å²) in [5.41, 5.74) is 0. The first-order valence-electron chi connectivity index (χ1n) is 6.12. The molecule has 17 heavy (non-hydrogen) atoms. The molecule has 0 radical (unpaired) electrons. The molecule has 0 amide bonds. The van der Waals surface area contributed by atoms with Crippen molar-refractivity contribution < 1.29 is 24.2 Å². The lowest BCUT2D eigenvalue weighted by molar-refractivity contribution is -0.153. The van der Waals surface area contributed by atoms with E-state index in [-0.39, 0.29) is 12.6 Å². The third-order valence-electron chi connectivity index (χ3n) is 2.22. The Bertz CT molecular complexity index is 227. The van der Waals surface area contributed by atoms with Crippen molar-refractivity contribution in [2.75, 3.05) is 13.2 Å². The Morgan fingerprint density at radius 3 is 2.29 bits per heavy atom. The van der Waals surface area contributed by atoms with Crippen LogP contribution in [0.15, 0.2) is 0 Å². The summed E-state index contributed by atoms with van der Waals surface area (Å²) in [6, 6.07) is 0. The number of carbonyl (C=O) groups is 2. The van der Waals surface area contributed by atoms with E-state index in [9.17, 15) is 14.7 Å². The van der Waals surface area contributed by atoms with E-state index in [1.54, 1.807) is 13.8 Å². The van der Waals surface area contributed by atoms with Crippen molar-refractivity contribution in [2.24, 2.45) is 0 Å². The number of ether oxygens (including phenoxy) is 2. The highest BCUT2D eigenvalue weighted by Gasteiger charge is 2.15. The van der Waals surface area contributed by atoms with Crippen molar-refractivity contribution >= 4 is 11.9 Å². The van der Waals surface area contributed by atoms with E-state index in [2.05, 4.69) is 4.74 Å². The summed E-state index contributed by atoms with van der Waals surface area (Å²) >= 11 is 0. The quantitative estimate of drug-likeness (QED) is 0.492. The van der Waals surface area contributed by atoms with E-state index in [0.29, 0.717) is 32.3 Å². The van der Waals surface area contributed by atoms with Crippen molar-refractivity contribution in [1.29, 1.82) is 0 Å². The first kappa shape index (κ1) is 15.9. The molecule has 0 aliphatic rings. The minimum atomic E-state index is -1.04. The van der Waals surface area contributed by atoms with Gasteiger partial charge in [0.05, 0.1) is 13.2 Å². The molecular formula is C12H22O5. The first-order chi connectivity index (χ1) is 8.11. The normalized spacial score (nSPS) is 11.9. The van der Waals surface area contributed by atoms with Gasteiger partial charge in [-0.15, -0.1) is 0 Å². The Kier molecular flexibility index (Phi) is 9.43. The maximum Gasteiger partial charge on any atom is 0.334 e. The maximum absolute atomic E-state index is 11.1. The predicted octanol–water partition coefficient (Wildman–Crippen LogP) is 1.42. The van der Waals surface area contributed by atoms with Gasteiger partial charge in [0, 0.05) is 6.42 Å². The second kappa shape index (κ2) is 10.1. The molecule has 0 bridgehead atoms. The van der Waals surface area contributed by atoms with E-state index in [1.807, 2.05) is 0 Å². The Morgan fingerprint density at radius 1 is 1.06 bits per heavy atom. The van der Waals surface area contributed by atoms with Gasteiger partial charge < -0.3 is 14.6 Å². The molecule has 0 aromatic heterocycles. The van der Waals surface area contributed by atoms with Crippen LogP contribution in [0, 0.1) is 0 Å². The molecule has 0 fully saturated rings. The van der Waals surface area contributed by atoms with Gasteiger partial charge in [0.2, 0.25) is 0 Å². The molecule has 0 aromatic rings. The Morgan fingerprint density at radius 2 is 1.71 bits per heavy atom. The molecule has 1 unspecified atom stereocenters. The second-order valence-corrected chi connectivity index (χ2v) is 3.67. The molecule has 1 N–H and O–H groups in total. The van der Waals surface area contributed by atoms with Crippen LogP contribution in [-0.4, -0.2) is 36.4 Å². The van der Waals surface area contributed by atoms with Crippen molar-refractivity contribution in [3.05, 3.63) is 0 Å². The molecule has 1 atom stereocenters. The number of aliphatic hydroxyl groups is 1. The molecule has 0 aliphatic carbocycles. The average Bonchev–Trinajstić information content (AvgIpc) is 2.29. The summed E-state index contributed by atoms with van der Waals surface area (Å²) < 4.78 is 9.45. The van der Waals surface area contributed by atoms with Crippen LogP contribution in [0.2, 0.25) is 0 Å². The van der Waals surface area contributed by atoms with E-state index in [4.69, 9.17) is 4.74 Å². The Labute approximate surface area is 102 Å². The first-order valence-corrected chi connectivity index (χ1v) is 6.12. The average molecular weight is 246 g/mol. The largest absolute Gasteiger partial charge is 0.466 e. The van der Waals surface area contributed by atoms with Gasteiger partial charge in [-0.2, -0.15) is 0 Å². The summed E-state index contributed by atoms with van der Waals surface area (Å²) in [5, 5.41) is 9.38. The Balaban J connectivity index is 3.45. The highest BCUT2D eigenvalue weighted by molar-refractivity contribution is 5.74. The molecule has 0 spiro atoms. The topological polar surface area (TPSA) is 72.8 Å². The lowest BCUT2D eigenvalue weighted by Gasteiger charge is -2.08. The van der Waals surface area contributed by atoms with Gasteiger partial charge in [-0.1, -0.05) is 12.8 Å². The van der Waals surface area contributed by atoms with Gasteiger partial charge in [-0.25, -0.2) is 4.79 Å². The number of carbonyl (C=O) groups excluding carboxylic acids is 2. The zero-order chi connectivity index (χ0) is 13.1. The molecule has 0 saturated heterocycles. The number of unbranched alkanes of at least 4 members (excludes halogenated alkanes) is 2. The van der Waals surface area contributed by atoms with E-state index >= 15 is 0 Å². The molecule has 0 rings (SSSR count). The zero-order valence-corrected chi connectivity index (χ0v) is 10.6. The minimum Gasteiger partial charge on any atom is -0.466 e. The van der Waals surface area contributed by atoms with Gasteiger partial charge in [0.25, 0.3) is 0 Å². The van der Waals surface area contributed by atoms with Gasteiger partial charge >= 0.3 is 11.9 Å². The zero-order valence-electron chi connectivity index (χ0n) is 10.6. The second-order valence-electron chi connectivity index (χ2n) is 3.67. The third kappa shape index (κ3) is 8.68. The van der Waals surface area contributed by atoms with Crippen molar-refractivity contribution in [1.82, 2.24) is 0 Å².